The number of hydrogen-bond acceptors (Lipinski definition) is 3. The van der Waals surface area contributed by atoms with Gasteiger partial charge >= 0.3 is 11.7 Å². The Hall–Kier alpha value is -3.61. The summed E-state index contributed by atoms with van der Waals surface area (Å²) in [4.78, 5) is 25.7. The first-order valence-corrected chi connectivity index (χ1v) is 8.43. The van der Waals surface area contributed by atoms with Crippen LogP contribution in [0.15, 0.2) is 53.3 Å². The number of nitrogens with one attached hydrogen (secondary N) is 2. The maximum atomic E-state index is 12.1. The van der Waals surface area contributed by atoms with Crippen molar-refractivity contribution in [2.75, 3.05) is 0 Å². The van der Waals surface area contributed by atoms with Crippen LogP contribution in [0.1, 0.15) is 17.7 Å². The number of imidazole rings is 1. The molecule has 0 unspecified atom stereocenters. The van der Waals surface area contributed by atoms with Crippen LogP contribution in [0.2, 0.25) is 0 Å². The number of hydrogen-bond donors (Lipinski definition) is 4. The van der Waals surface area contributed by atoms with Gasteiger partial charge in [0.1, 0.15) is 5.84 Å². The molecule has 3 rings (SSSR count). The first kappa shape index (κ1) is 18.2. The molecule has 0 amide bonds. The lowest BCUT2D eigenvalue weighted by Gasteiger charge is -2.07. The summed E-state index contributed by atoms with van der Waals surface area (Å²) in [6.45, 7) is 1.93. The summed E-state index contributed by atoms with van der Waals surface area (Å²) >= 11 is 0. The number of nitrogen functional groups attached to an aromatic ring is 1. The quantitative estimate of drug-likeness (QED) is 0.396. The van der Waals surface area contributed by atoms with Crippen molar-refractivity contribution in [3.05, 3.63) is 70.3 Å². The van der Waals surface area contributed by atoms with Gasteiger partial charge in [0.05, 0.1) is 12.1 Å². The van der Waals surface area contributed by atoms with Crippen molar-refractivity contribution in [1.82, 2.24) is 9.55 Å². The third kappa shape index (κ3) is 3.82. The third-order valence-corrected chi connectivity index (χ3v) is 4.50. The van der Waals surface area contributed by atoms with Crippen molar-refractivity contribution in [3.8, 4) is 22.4 Å². The van der Waals surface area contributed by atoms with Crippen molar-refractivity contribution >= 4 is 11.8 Å². The molecule has 3 aromatic rings. The molecular formula is C20H20N4O3. The Kier molecular flexibility index (Phi) is 4.94. The standard InChI is InChI=1S/C20H20N4O3/c1-12-18(23-20(27)24(12)11-10-17(25)26)15-6-2-13(3-7-15)14-4-8-16(9-5-14)19(21)22/h2-9H,10-11H2,1H3,(H3,21,22)(H,23,27)(H,25,26). The van der Waals surface area contributed by atoms with Gasteiger partial charge in [-0.1, -0.05) is 48.5 Å². The van der Waals surface area contributed by atoms with E-state index in [9.17, 15) is 9.59 Å². The fourth-order valence-electron chi connectivity index (χ4n) is 2.98. The lowest BCUT2D eigenvalue weighted by molar-refractivity contribution is -0.137. The number of aliphatic carboxylic acids is 1. The van der Waals surface area contributed by atoms with E-state index in [-0.39, 0.29) is 24.5 Å². The van der Waals surface area contributed by atoms with Gasteiger partial charge in [0.2, 0.25) is 0 Å². The predicted molar refractivity (Wildman–Crippen MR) is 104 cm³/mol. The fourth-order valence-corrected chi connectivity index (χ4v) is 2.98. The Balaban J connectivity index is 1.87. The molecule has 0 saturated carbocycles. The zero-order valence-electron chi connectivity index (χ0n) is 14.8. The molecule has 0 spiro atoms. The van der Waals surface area contributed by atoms with Crippen LogP contribution in [-0.2, 0) is 11.3 Å². The summed E-state index contributed by atoms with van der Waals surface area (Å²) in [5.74, 6) is -0.909. The van der Waals surface area contributed by atoms with E-state index >= 15 is 0 Å². The summed E-state index contributed by atoms with van der Waals surface area (Å²) in [6.07, 6.45) is -0.104. The minimum absolute atomic E-state index is 0.0312. The van der Waals surface area contributed by atoms with E-state index in [0.717, 1.165) is 16.7 Å². The first-order valence-electron chi connectivity index (χ1n) is 8.43. The van der Waals surface area contributed by atoms with Gasteiger partial charge in [0, 0.05) is 17.8 Å². The van der Waals surface area contributed by atoms with E-state index in [1.54, 1.807) is 19.1 Å². The Bertz CT molecular complexity index is 1040. The monoisotopic (exact) mass is 364 g/mol. The largest absolute Gasteiger partial charge is 0.481 e. The average Bonchev–Trinajstić information content (AvgIpc) is 2.94. The summed E-state index contributed by atoms with van der Waals surface area (Å²) < 4.78 is 1.44. The van der Waals surface area contributed by atoms with E-state index in [1.807, 2.05) is 36.4 Å². The smallest absolute Gasteiger partial charge is 0.326 e. The highest BCUT2D eigenvalue weighted by molar-refractivity contribution is 5.95. The highest BCUT2D eigenvalue weighted by atomic mass is 16.4. The summed E-state index contributed by atoms with van der Waals surface area (Å²) in [6, 6.07) is 15.1. The van der Waals surface area contributed by atoms with Crippen LogP contribution in [0, 0.1) is 12.3 Å². The predicted octanol–water partition coefficient (Wildman–Crippen LogP) is 2.58. The molecule has 0 atom stereocenters. The molecule has 7 heteroatoms. The summed E-state index contributed by atoms with van der Waals surface area (Å²) in [5.41, 5.74) is 10.1. The molecule has 1 heterocycles. The van der Waals surface area contributed by atoms with E-state index in [2.05, 4.69) is 4.98 Å². The number of carboxylic acid groups (broad SMARTS) is 1. The lowest BCUT2D eigenvalue weighted by Crippen LogP contribution is -2.19. The molecule has 0 bridgehead atoms. The molecule has 0 aliphatic rings. The zero-order valence-corrected chi connectivity index (χ0v) is 14.8. The number of nitrogens with two attached hydrogens (primary N) is 1. The zero-order chi connectivity index (χ0) is 19.6. The van der Waals surface area contributed by atoms with Crippen molar-refractivity contribution in [1.29, 1.82) is 5.41 Å². The Morgan fingerprint density at radius 1 is 1.07 bits per heavy atom. The normalized spacial score (nSPS) is 10.7. The van der Waals surface area contributed by atoms with Crippen LogP contribution in [-0.4, -0.2) is 26.5 Å². The SMILES string of the molecule is Cc1c(-c2ccc(-c3ccc(C(=N)N)cc3)cc2)[nH]c(=O)n1CCC(=O)O. The number of rotatable bonds is 6. The number of benzene rings is 2. The van der Waals surface area contributed by atoms with Gasteiger partial charge in [-0.05, 0) is 23.6 Å². The van der Waals surface area contributed by atoms with Crippen LogP contribution in [0.4, 0.5) is 0 Å². The maximum absolute atomic E-state index is 12.1. The van der Waals surface area contributed by atoms with Crippen LogP contribution >= 0.6 is 0 Å². The van der Waals surface area contributed by atoms with Gasteiger partial charge in [0.15, 0.2) is 0 Å². The van der Waals surface area contributed by atoms with E-state index in [4.69, 9.17) is 16.2 Å². The molecule has 0 aliphatic carbocycles. The Labute approximate surface area is 155 Å². The molecule has 0 radical (unpaired) electrons. The summed E-state index contributed by atoms with van der Waals surface area (Å²) in [5, 5.41) is 16.3. The van der Waals surface area contributed by atoms with Crippen molar-refractivity contribution in [2.45, 2.75) is 19.9 Å². The molecule has 5 N–H and O–H groups in total. The fraction of sp³-hybridized carbons (Fsp3) is 0.150. The minimum Gasteiger partial charge on any atom is -0.481 e. The molecule has 27 heavy (non-hydrogen) atoms. The molecule has 138 valence electrons. The van der Waals surface area contributed by atoms with E-state index in [1.165, 1.54) is 4.57 Å². The number of nitrogens with zero attached hydrogens (tertiary/aromatic N) is 1. The lowest BCUT2D eigenvalue weighted by atomic mass is 10.0. The van der Waals surface area contributed by atoms with Crippen molar-refractivity contribution in [3.63, 3.8) is 0 Å². The highest BCUT2D eigenvalue weighted by Crippen LogP contribution is 2.25. The molecule has 1 aromatic heterocycles. The highest BCUT2D eigenvalue weighted by Gasteiger charge is 2.13. The molecular weight excluding hydrogens is 344 g/mol. The second-order valence-corrected chi connectivity index (χ2v) is 6.25. The third-order valence-electron chi connectivity index (χ3n) is 4.50. The van der Waals surface area contributed by atoms with Gasteiger partial charge < -0.3 is 15.8 Å². The van der Waals surface area contributed by atoms with E-state index < -0.39 is 5.97 Å². The molecule has 0 fully saturated rings. The Morgan fingerprint density at radius 3 is 2.11 bits per heavy atom. The van der Waals surface area contributed by atoms with Crippen LogP contribution < -0.4 is 11.4 Å². The molecule has 0 saturated heterocycles. The second-order valence-electron chi connectivity index (χ2n) is 6.25. The van der Waals surface area contributed by atoms with Gasteiger partial charge in [-0.25, -0.2) is 4.79 Å². The molecule has 0 aliphatic heterocycles. The average molecular weight is 364 g/mol. The number of H-pyrrole nitrogens is 1. The number of amidine groups is 1. The van der Waals surface area contributed by atoms with Gasteiger partial charge in [-0.2, -0.15) is 0 Å². The molecule has 7 nitrogen and oxygen atoms in total. The van der Waals surface area contributed by atoms with E-state index in [0.29, 0.717) is 17.0 Å². The van der Waals surface area contributed by atoms with Gasteiger partial charge in [-0.15, -0.1) is 0 Å². The van der Waals surface area contributed by atoms with Crippen LogP contribution in [0.5, 0.6) is 0 Å². The Morgan fingerprint density at radius 2 is 1.59 bits per heavy atom. The minimum atomic E-state index is -0.941. The number of carbonyl (C=O) groups is 1. The first-order chi connectivity index (χ1) is 12.9. The summed E-state index contributed by atoms with van der Waals surface area (Å²) in [7, 11) is 0. The number of carboxylic acids is 1. The maximum Gasteiger partial charge on any atom is 0.326 e. The second kappa shape index (κ2) is 7.33. The van der Waals surface area contributed by atoms with Crippen LogP contribution in [0.3, 0.4) is 0 Å². The van der Waals surface area contributed by atoms with Crippen LogP contribution in [0.25, 0.3) is 22.4 Å². The van der Waals surface area contributed by atoms with Gasteiger partial charge in [0.25, 0.3) is 0 Å². The molecule has 2 aromatic carbocycles. The van der Waals surface area contributed by atoms with Crippen molar-refractivity contribution in [2.24, 2.45) is 5.73 Å². The number of aromatic amines is 1. The van der Waals surface area contributed by atoms with Crippen molar-refractivity contribution < 1.29 is 9.90 Å². The van der Waals surface area contributed by atoms with Gasteiger partial charge in [-0.3, -0.25) is 14.8 Å². The number of aromatic nitrogens is 2. The topological polar surface area (TPSA) is 125 Å².